The monoisotopic (exact) mass is 346 g/mol. The summed E-state index contributed by atoms with van der Waals surface area (Å²) in [6.07, 6.45) is 2.36. The number of urea groups is 1. The molecule has 6 N–H and O–H groups in total. The SMILES string of the molecule is CC(CN)(NC(=O)CC(NC(N)=O)c1cccs1)C1CC1.Cl. The third-order valence-electron chi connectivity index (χ3n) is 3.92. The summed E-state index contributed by atoms with van der Waals surface area (Å²) in [4.78, 5) is 24.3. The zero-order chi connectivity index (χ0) is 15.5. The van der Waals surface area contributed by atoms with Gasteiger partial charge < -0.3 is 22.1 Å². The molecule has 124 valence electrons. The molecular weight excluding hydrogens is 324 g/mol. The molecule has 0 spiro atoms. The number of thiophene rings is 1. The van der Waals surface area contributed by atoms with Crippen molar-refractivity contribution in [2.75, 3.05) is 6.54 Å². The van der Waals surface area contributed by atoms with E-state index in [0.717, 1.165) is 17.7 Å². The Kier molecular flexibility index (Phi) is 6.65. The highest BCUT2D eigenvalue weighted by molar-refractivity contribution is 7.10. The van der Waals surface area contributed by atoms with Crippen LogP contribution in [0.25, 0.3) is 0 Å². The van der Waals surface area contributed by atoms with E-state index >= 15 is 0 Å². The van der Waals surface area contributed by atoms with E-state index in [1.54, 1.807) is 0 Å². The fourth-order valence-electron chi connectivity index (χ4n) is 2.48. The highest BCUT2D eigenvalue weighted by Gasteiger charge is 2.41. The van der Waals surface area contributed by atoms with Gasteiger partial charge in [0.25, 0.3) is 0 Å². The number of nitrogens with one attached hydrogen (secondary N) is 2. The lowest BCUT2D eigenvalue weighted by atomic mass is 9.95. The number of nitrogens with two attached hydrogens (primary N) is 2. The average molecular weight is 347 g/mol. The lowest BCUT2D eigenvalue weighted by Crippen LogP contribution is -2.53. The number of primary amides is 1. The van der Waals surface area contributed by atoms with Crippen molar-refractivity contribution in [3.05, 3.63) is 22.4 Å². The van der Waals surface area contributed by atoms with Crippen LogP contribution >= 0.6 is 23.7 Å². The van der Waals surface area contributed by atoms with E-state index in [4.69, 9.17) is 11.5 Å². The van der Waals surface area contributed by atoms with Crippen LogP contribution in [0.4, 0.5) is 4.79 Å². The van der Waals surface area contributed by atoms with Crippen molar-refractivity contribution in [3.8, 4) is 0 Å². The van der Waals surface area contributed by atoms with Crippen LogP contribution in [0.5, 0.6) is 0 Å². The summed E-state index contributed by atoms with van der Waals surface area (Å²) < 4.78 is 0. The van der Waals surface area contributed by atoms with Crippen LogP contribution < -0.4 is 22.1 Å². The lowest BCUT2D eigenvalue weighted by molar-refractivity contribution is -0.123. The van der Waals surface area contributed by atoms with Crippen LogP contribution in [-0.2, 0) is 4.79 Å². The Morgan fingerprint density at radius 2 is 2.18 bits per heavy atom. The Morgan fingerprint density at radius 1 is 1.50 bits per heavy atom. The average Bonchev–Trinajstić information content (AvgIpc) is 3.13. The predicted molar refractivity (Wildman–Crippen MR) is 90.0 cm³/mol. The zero-order valence-corrected chi connectivity index (χ0v) is 14.1. The molecule has 0 aliphatic heterocycles. The minimum Gasteiger partial charge on any atom is -0.352 e. The fraction of sp³-hybridized carbons (Fsp3) is 0.571. The van der Waals surface area contributed by atoms with Crippen LogP contribution in [0.3, 0.4) is 0 Å². The van der Waals surface area contributed by atoms with Crippen LogP contribution in [0.2, 0.25) is 0 Å². The van der Waals surface area contributed by atoms with Gasteiger partial charge in [-0.15, -0.1) is 23.7 Å². The summed E-state index contributed by atoms with van der Waals surface area (Å²) >= 11 is 1.48. The van der Waals surface area contributed by atoms with Gasteiger partial charge >= 0.3 is 6.03 Å². The molecule has 6 nitrogen and oxygen atoms in total. The van der Waals surface area contributed by atoms with Gasteiger partial charge in [0.1, 0.15) is 0 Å². The van der Waals surface area contributed by atoms with Crippen molar-refractivity contribution in [1.82, 2.24) is 10.6 Å². The Morgan fingerprint density at radius 3 is 2.64 bits per heavy atom. The first kappa shape index (κ1) is 18.7. The van der Waals surface area contributed by atoms with Crippen LogP contribution in [-0.4, -0.2) is 24.0 Å². The summed E-state index contributed by atoms with van der Waals surface area (Å²) in [7, 11) is 0. The molecule has 1 saturated carbocycles. The number of amides is 3. The maximum Gasteiger partial charge on any atom is 0.312 e. The third-order valence-corrected chi connectivity index (χ3v) is 4.91. The zero-order valence-electron chi connectivity index (χ0n) is 12.5. The van der Waals surface area contributed by atoms with Crippen molar-refractivity contribution in [1.29, 1.82) is 0 Å². The molecule has 1 aromatic rings. The second-order valence-corrected chi connectivity index (χ2v) is 6.70. The fourth-order valence-corrected chi connectivity index (χ4v) is 3.26. The van der Waals surface area contributed by atoms with Gasteiger partial charge in [-0.1, -0.05) is 6.07 Å². The maximum atomic E-state index is 12.3. The minimum absolute atomic E-state index is 0. The maximum absolute atomic E-state index is 12.3. The smallest absolute Gasteiger partial charge is 0.312 e. The molecule has 3 amide bonds. The molecule has 0 bridgehead atoms. The molecule has 1 aromatic heterocycles. The van der Waals surface area contributed by atoms with Gasteiger partial charge in [0.2, 0.25) is 5.91 Å². The summed E-state index contributed by atoms with van der Waals surface area (Å²) in [5, 5.41) is 7.54. The molecule has 1 fully saturated rings. The van der Waals surface area contributed by atoms with E-state index in [1.807, 2.05) is 24.4 Å². The lowest BCUT2D eigenvalue weighted by Gasteiger charge is -2.30. The number of rotatable bonds is 7. The Hall–Kier alpha value is -1.31. The van der Waals surface area contributed by atoms with Gasteiger partial charge in [0.15, 0.2) is 0 Å². The van der Waals surface area contributed by atoms with E-state index in [-0.39, 0.29) is 30.3 Å². The second-order valence-electron chi connectivity index (χ2n) is 5.72. The quantitative estimate of drug-likeness (QED) is 0.600. The minimum atomic E-state index is -0.634. The van der Waals surface area contributed by atoms with Crippen LogP contribution in [0, 0.1) is 5.92 Å². The second kappa shape index (κ2) is 7.80. The van der Waals surface area contributed by atoms with Crippen molar-refractivity contribution < 1.29 is 9.59 Å². The summed E-state index contributed by atoms with van der Waals surface area (Å²) in [6.45, 7) is 2.39. The van der Waals surface area contributed by atoms with Gasteiger partial charge in [-0.2, -0.15) is 0 Å². The molecule has 2 unspecified atom stereocenters. The predicted octanol–water partition coefficient (Wildman–Crippen LogP) is 1.51. The summed E-state index contributed by atoms with van der Waals surface area (Å²) in [6, 6.07) is 2.72. The largest absolute Gasteiger partial charge is 0.352 e. The number of hydrogen-bond acceptors (Lipinski definition) is 4. The van der Waals surface area contributed by atoms with Crippen molar-refractivity contribution in [2.24, 2.45) is 17.4 Å². The first-order valence-corrected chi connectivity index (χ1v) is 7.93. The van der Waals surface area contributed by atoms with Crippen molar-refractivity contribution >= 4 is 35.7 Å². The Labute approximate surface area is 140 Å². The molecule has 2 atom stereocenters. The molecule has 22 heavy (non-hydrogen) atoms. The van der Waals surface area contributed by atoms with Gasteiger partial charge in [-0.3, -0.25) is 4.79 Å². The van der Waals surface area contributed by atoms with Crippen molar-refractivity contribution in [2.45, 2.75) is 37.8 Å². The first-order valence-electron chi connectivity index (χ1n) is 7.05. The topological polar surface area (TPSA) is 110 Å². The normalized spacial score (nSPS) is 17.7. The standard InChI is InChI=1S/C14H22N4O2S.ClH/c1-14(8-15,9-4-5-9)18-12(19)7-10(17-13(16)20)11-3-2-6-21-11;/h2-3,6,9-10H,4-5,7-8,15H2,1H3,(H,18,19)(H3,16,17,20);1H. The van der Waals surface area contributed by atoms with E-state index in [1.165, 1.54) is 11.3 Å². The summed E-state index contributed by atoms with van der Waals surface area (Å²) in [5.74, 6) is 0.331. The van der Waals surface area contributed by atoms with Crippen molar-refractivity contribution in [3.63, 3.8) is 0 Å². The first-order chi connectivity index (χ1) is 9.94. The van der Waals surface area contributed by atoms with E-state index < -0.39 is 12.1 Å². The van der Waals surface area contributed by atoms with Crippen LogP contribution in [0.1, 0.15) is 37.1 Å². The molecule has 1 heterocycles. The number of carbonyl (C=O) groups is 2. The van der Waals surface area contributed by atoms with Crippen LogP contribution in [0.15, 0.2) is 17.5 Å². The molecule has 0 radical (unpaired) electrons. The summed E-state index contributed by atoms with van der Waals surface area (Å²) in [5.41, 5.74) is 10.6. The number of halogens is 1. The highest BCUT2D eigenvalue weighted by Crippen LogP contribution is 2.39. The van der Waals surface area contributed by atoms with E-state index in [0.29, 0.717) is 12.5 Å². The Bertz CT molecular complexity index is 507. The van der Waals surface area contributed by atoms with E-state index in [9.17, 15) is 9.59 Å². The number of carbonyl (C=O) groups excluding carboxylic acids is 2. The Balaban J connectivity index is 0.00000242. The molecule has 0 aromatic carbocycles. The van der Waals surface area contributed by atoms with Gasteiger partial charge in [-0.05, 0) is 37.1 Å². The molecule has 0 saturated heterocycles. The van der Waals surface area contributed by atoms with Gasteiger partial charge in [-0.25, -0.2) is 4.79 Å². The third kappa shape index (κ3) is 4.86. The van der Waals surface area contributed by atoms with E-state index in [2.05, 4.69) is 10.6 Å². The number of hydrogen-bond donors (Lipinski definition) is 4. The van der Waals surface area contributed by atoms with Gasteiger partial charge in [0.05, 0.1) is 18.0 Å². The molecule has 1 aliphatic rings. The highest BCUT2D eigenvalue weighted by atomic mass is 35.5. The molecular formula is C14H23ClN4O2S. The molecule has 2 rings (SSSR count). The molecule has 1 aliphatic carbocycles. The molecule has 8 heteroatoms. The van der Waals surface area contributed by atoms with Gasteiger partial charge in [0, 0.05) is 11.4 Å².